The van der Waals surface area contributed by atoms with Gasteiger partial charge in [0.25, 0.3) is 0 Å². The summed E-state index contributed by atoms with van der Waals surface area (Å²) in [6.45, 7) is 7.01. The molecule has 0 aliphatic heterocycles. The van der Waals surface area contributed by atoms with Gasteiger partial charge in [-0.1, -0.05) is 6.92 Å². The van der Waals surface area contributed by atoms with Crippen molar-refractivity contribution >= 4 is 5.97 Å². The number of rotatable bonds is 6. The molecule has 0 bridgehead atoms. The highest BCUT2D eigenvalue weighted by Crippen LogP contribution is 2.16. The van der Waals surface area contributed by atoms with E-state index in [0.29, 0.717) is 6.54 Å². The van der Waals surface area contributed by atoms with E-state index in [1.54, 1.807) is 26.4 Å². The van der Waals surface area contributed by atoms with Gasteiger partial charge in [0.15, 0.2) is 0 Å². The van der Waals surface area contributed by atoms with Crippen LogP contribution in [0.3, 0.4) is 0 Å². The van der Waals surface area contributed by atoms with Crippen LogP contribution in [0.1, 0.15) is 32.9 Å². The van der Waals surface area contributed by atoms with Crippen LogP contribution in [0.25, 0.3) is 0 Å². The second-order valence-electron chi connectivity index (χ2n) is 4.80. The molecule has 0 atom stereocenters. The minimum Gasteiger partial charge on any atom is -0.480 e. The summed E-state index contributed by atoms with van der Waals surface area (Å²) in [5.41, 5.74) is 0.171. The van der Waals surface area contributed by atoms with E-state index in [1.165, 1.54) is 0 Å². The average Bonchev–Trinajstić information content (AvgIpc) is 2.66. The Bertz CT molecular complexity index is 385. The van der Waals surface area contributed by atoms with Crippen molar-refractivity contribution in [3.05, 3.63) is 18.2 Å². The summed E-state index contributed by atoms with van der Waals surface area (Å²) in [6, 6.07) is 0. The van der Waals surface area contributed by atoms with Crippen LogP contribution >= 0.6 is 0 Å². The molecule has 0 radical (unpaired) electrons. The molecule has 5 nitrogen and oxygen atoms in total. The molecule has 1 N–H and O–H groups in total. The Balaban J connectivity index is 2.77. The van der Waals surface area contributed by atoms with E-state index in [-0.39, 0.29) is 0 Å². The number of aromatic nitrogens is 2. The lowest BCUT2D eigenvalue weighted by molar-refractivity contribution is -0.148. The van der Waals surface area contributed by atoms with E-state index in [4.69, 9.17) is 5.11 Å². The van der Waals surface area contributed by atoms with Gasteiger partial charge in [-0.15, -0.1) is 0 Å². The molecule has 0 unspecified atom stereocenters. The first-order valence-electron chi connectivity index (χ1n) is 5.83. The maximum atomic E-state index is 11.1. The average molecular weight is 239 g/mol. The van der Waals surface area contributed by atoms with Crippen LogP contribution in [0.15, 0.2) is 12.5 Å². The van der Waals surface area contributed by atoms with E-state index in [1.807, 2.05) is 11.9 Å². The molecule has 0 saturated heterocycles. The Labute approximate surface area is 102 Å². The maximum absolute atomic E-state index is 11.1. The van der Waals surface area contributed by atoms with E-state index in [0.717, 1.165) is 18.7 Å². The van der Waals surface area contributed by atoms with Crippen molar-refractivity contribution in [1.29, 1.82) is 0 Å². The lowest BCUT2D eigenvalue weighted by Gasteiger charge is -2.31. The number of carboxylic acids is 1. The van der Waals surface area contributed by atoms with Crippen LogP contribution in [0.2, 0.25) is 0 Å². The third-order valence-electron chi connectivity index (χ3n) is 3.14. The zero-order valence-electron chi connectivity index (χ0n) is 11.0. The van der Waals surface area contributed by atoms with Crippen molar-refractivity contribution in [2.45, 2.75) is 45.8 Å². The van der Waals surface area contributed by atoms with E-state index < -0.39 is 11.5 Å². The Morgan fingerprint density at radius 1 is 1.59 bits per heavy atom. The highest BCUT2D eigenvalue weighted by Gasteiger charge is 2.32. The first-order chi connectivity index (χ1) is 7.89. The van der Waals surface area contributed by atoms with Crippen molar-refractivity contribution < 1.29 is 9.90 Å². The van der Waals surface area contributed by atoms with E-state index in [9.17, 15) is 4.79 Å². The Kier molecular flexibility index (Phi) is 4.28. The Hall–Kier alpha value is -1.36. The smallest absolute Gasteiger partial charge is 0.323 e. The highest BCUT2D eigenvalue weighted by atomic mass is 16.4. The van der Waals surface area contributed by atoms with Gasteiger partial charge < -0.3 is 9.67 Å². The van der Waals surface area contributed by atoms with E-state index >= 15 is 0 Å². The quantitative estimate of drug-likeness (QED) is 0.819. The van der Waals surface area contributed by atoms with E-state index in [2.05, 4.69) is 16.5 Å². The fourth-order valence-electron chi connectivity index (χ4n) is 1.53. The van der Waals surface area contributed by atoms with Crippen molar-refractivity contribution in [3.63, 3.8) is 0 Å². The predicted molar refractivity (Wildman–Crippen MR) is 65.7 cm³/mol. The van der Waals surface area contributed by atoms with Gasteiger partial charge >= 0.3 is 5.97 Å². The van der Waals surface area contributed by atoms with Gasteiger partial charge in [0.05, 0.1) is 12.0 Å². The van der Waals surface area contributed by atoms with Gasteiger partial charge in [-0.05, 0) is 27.3 Å². The van der Waals surface area contributed by atoms with Gasteiger partial charge in [0.1, 0.15) is 5.54 Å². The monoisotopic (exact) mass is 239 g/mol. The lowest BCUT2D eigenvalue weighted by Crippen LogP contribution is -2.47. The molecule has 1 aromatic heterocycles. The molecule has 1 aromatic rings. The fourth-order valence-corrected chi connectivity index (χ4v) is 1.53. The van der Waals surface area contributed by atoms with Crippen LogP contribution in [-0.2, 0) is 17.9 Å². The number of hydrogen-bond acceptors (Lipinski definition) is 3. The molecule has 0 aliphatic rings. The molecule has 0 amide bonds. The number of nitrogens with zero attached hydrogens (tertiary/aromatic N) is 3. The molecule has 0 aliphatic carbocycles. The lowest BCUT2D eigenvalue weighted by atomic mass is 10.0. The number of aryl methyl sites for hydroxylation is 1. The highest BCUT2D eigenvalue weighted by molar-refractivity contribution is 5.77. The second-order valence-corrected chi connectivity index (χ2v) is 4.80. The summed E-state index contributed by atoms with van der Waals surface area (Å²) >= 11 is 0. The molecule has 0 fully saturated rings. The van der Waals surface area contributed by atoms with Crippen LogP contribution in [0.4, 0.5) is 0 Å². The van der Waals surface area contributed by atoms with Gasteiger partial charge in [-0.2, -0.15) is 0 Å². The molecule has 1 rings (SSSR count). The molecule has 0 saturated carbocycles. The third kappa shape index (κ3) is 3.06. The molecule has 17 heavy (non-hydrogen) atoms. The van der Waals surface area contributed by atoms with Gasteiger partial charge in [0, 0.05) is 19.3 Å². The molecule has 0 aromatic carbocycles. The minimum absolute atomic E-state index is 0.583. The molecular weight excluding hydrogens is 218 g/mol. The summed E-state index contributed by atoms with van der Waals surface area (Å²) < 4.78 is 2.06. The molecule has 0 spiro atoms. The number of carboxylic acid groups (broad SMARTS) is 1. The van der Waals surface area contributed by atoms with Crippen molar-refractivity contribution in [1.82, 2.24) is 14.5 Å². The van der Waals surface area contributed by atoms with Gasteiger partial charge in [-0.3, -0.25) is 9.69 Å². The summed E-state index contributed by atoms with van der Waals surface area (Å²) in [6.07, 6.45) is 4.62. The number of hydrogen-bond donors (Lipinski definition) is 1. The van der Waals surface area contributed by atoms with Crippen LogP contribution < -0.4 is 0 Å². The summed E-state index contributed by atoms with van der Waals surface area (Å²) in [5, 5.41) is 9.15. The van der Waals surface area contributed by atoms with Crippen LogP contribution in [-0.4, -0.2) is 38.1 Å². The van der Waals surface area contributed by atoms with Crippen LogP contribution in [0.5, 0.6) is 0 Å². The predicted octanol–water partition coefficient (Wildman–Crippen LogP) is 1.59. The Morgan fingerprint density at radius 3 is 2.76 bits per heavy atom. The zero-order valence-corrected chi connectivity index (χ0v) is 11.0. The number of aliphatic carboxylic acids is 1. The standard InChI is InChI=1S/C12H21N3O2/c1-5-6-15-9-13-7-10(15)8-14(4)12(2,3)11(16)17/h7,9H,5-6,8H2,1-4H3,(H,16,17). The van der Waals surface area contributed by atoms with Gasteiger partial charge in [-0.25, -0.2) is 4.98 Å². The Morgan fingerprint density at radius 2 is 2.24 bits per heavy atom. The van der Waals surface area contributed by atoms with Crippen molar-refractivity contribution in [2.24, 2.45) is 0 Å². The van der Waals surface area contributed by atoms with Crippen molar-refractivity contribution in [2.75, 3.05) is 7.05 Å². The number of carbonyl (C=O) groups is 1. The summed E-state index contributed by atoms with van der Waals surface area (Å²) in [7, 11) is 1.82. The first kappa shape index (κ1) is 13.7. The summed E-state index contributed by atoms with van der Waals surface area (Å²) in [4.78, 5) is 17.1. The molecule has 96 valence electrons. The maximum Gasteiger partial charge on any atom is 0.323 e. The first-order valence-corrected chi connectivity index (χ1v) is 5.83. The summed E-state index contributed by atoms with van der Waals surface area (Å²) in [5.74, 6) is -0.818. The van der Waals surface area contributed by atoms with Crippen LogP contribution in [0, 0.1) is 0 Å². The normalized spacial score (nSPS) is 12.1. The number of likely N-dealkylation sites (N-methyl/N-ethyl adjacent to an activating group) is 1. The molecule has 1 heterocycles. The minimum atomic E-state index is -0.874. The third-order valence-corrected chi connectivity index (χ3v) is 3.14. The number of imidazole rings is 1. The fraction of sp³-hybridized carbons (Fsp3) is 0.667. The zero-order chi connectivity index (χ0) is 13.1. The van der Waals surface area contributed by atoms with Gasteiger partial charge in [0.2, 0.25) is 0 Å². The SMILES string of the molecule is CCCn1cncc1CN(C)C(C)(C)C(=O)O. The van der Waals surface area contributed by atoms with Crippen molar-refractivity contribution in [3.8, 4) is 0 Å². The second kappa shape index (κ2) is 5.31. The largest absolute Gasteiger partial charge is 0.480 e. The molecule has 5 heteroatoms. The topological polar surface area (TPSA) is 58.4 Å². The molecular formula is C12H21N3O2.